The molecule has 2 aliphatic rings. The molecule has 30 heavy (non-hydrogen) atoms. The van der Waals surface area contributed by atoms with Crippen LogP contribution in [0.2, 0.25) is 0 Å². The summed E-state index contributed by atoms with van der Waals surface area (Å²) in [6.45, 7) is 5.48. The number of hydrogen-bond acceptors (Lipinski definition) is 8. The molecule has 0 N–H and O–H groups in total. The standard InChI is InChI=1S/C22H21N3O3S2/c1-4-28-21(27)19-15(2)24(17-11-7-5-8-12-17)22(29-19)25(18-13-9-6-10-14-18)23-20(30-22)16(3)26/h5-14H,4H2,1-3H3/t22-/m1/s1. The van der Waals surface area contributed by atoms with Gasteiger partial charge in [0.05, 0.1) is 12.3 Å². The van der Waals surface area contributed by atoms with Gasteiger partial charge in [-0.2, -0.15) is 5.10 Å². The SMILES string of the molecule is CCOC(=O)C1=C(C)N(c2ccccc2)[C@]2(SC(C(C)=O)=NN2c2ccccc2)S1. The van der Waals surface area contributed by atoms with Gasteiger partial charge in [-0.1, -0.05) is 48.2 Å². The summed E-state index contributed by atoms with van der Waals surface area (Å²) >= 11 is 2.70. The molecule has 0 saturated heterocycles. The fraction of sp³-hybridized carbons (Fsp3) is 0.227. The van der Waals surface area contributed by atoms with Crippen molar-refractivity contribution in [3.63, 3.8) is 0 Å². The smallest absolute Gasteiger partial charge is 0.346 e. The molecule has 0 radical (unpaired) electrons. The zero-order valence-corrected chi connectivity index (χ0v) is 18.5. The predicted molar refractivity (Wildman–Crippen MR) is 123 cm³/mol. The number of benzene rings is 2. The molecule has 0 unspecified atom stereocenters. The van der Waals surface area contributed by atoms with Crippen molar-refractivity contribution in [3.8, 4) is 0 Å². The minimum absolute atomic E-state index is 0.117. The molecule has 0 fully saturated rings. The Kier molecular flexibility index (Phi) is 5.62. The molecule has 0 aliphatic carbocycles. The molecule has 1 atom stereocenters. The Morgan fingerprint density at radius 3 is 2.17 bits per heavy atom. The summed E-state index contributed by atoms with van der Waals surface area (Å²) in [4.78, 5) is 27.6. The minimum atomic E-state index is -0.893. The van der Waals surface area contributed by atoms with E-state index in [0.717, 1.165) is 17.1 Å². The Hall–Kier alpha value is -2.71. The van der Waals surface area contributed by atoms with E-state index in [1.54, 1.807) is 6.92 Å². The molecule has 2 aliphatic heterocycles. The summed E-state index contributed by atoms with van der Waals surface area (Å²) in [5.41, 5.74) is 2.49. The van der Waals surface area contributed by atoms with Crippen LogP contribution in [0.25, 0.3) is 0 Å². The van der Waals surface area contributed by atoms with E-state index in [-0.39, 0.29) is 11.8 Å². The van der Waals surface area contributed by atoms with Crippen molar-refractivity contribution in [2.75, 3.05) is 16.5 Å². The van der Waals surface area contributed by atoms with E-state index in [9.17, 15) is 9.59 Å². The number of ketones is 1. The number of hydrazone groups is 1. The van der Waals surface area contributed by atoms with Crippen LogP contribution in [0, 0.1) is 0 Å². The lowest BCUT2D eigenvalue weighted by Crippen LogP contribution is -2.49. The first-order chi connectivity index (χ1) is 14.5. The van der Waals surface area contributed by atoms with E-state index in [4.69, 9.17) is 4.74 Å². The maximum atomic E-state index is 12.8. The number of para-hydroxylation sites is 2. The summed E-state index contributed by atoms with van der Waals surface area (Å²) in [7, 11) is 0. The van der Waals surface area contributed by atoms with Gasteiger partial charge in [-0.3, -0.25) is 4.79 Å². The van der Waals surface area contributed by atoms with Crippen molar-refractivity contribution in [2.45, 2.75) is 25.1 Å². The summed E-state index contributed by atoms with van der Waals surface area (Å²) < 4.78 is 4.43. The van der Waals surface area contributed by atoms with Crippen LogP contribution in [0.5, 0.6) is 0 Å². The van der Waals surface area contributed by atoms with Gasteiger partial charge in [-0.15, -0.1) is 0 Å². The molecule has 1 spiro atoms. The zero-order valence-electron chi connectivity index (χ0n) is 16.9. The van der Waals surface area contributed by atoms with Gasteiger partial charge < -0.3 is 9.64 Å². The van der Waals surface area contributed by atoms with Crippen molar-refractivity contribution < 1.29 is 14.3 Å². The number of carbonyl (C=O) groups is 2. The highest BCUT2D eigenvalue weighted by Gasteiger charge is 2.57. The summed E-state index contributed by atoms with van der Waals surface area (Å²) in [6.07, 6.45) is 0. The lowest BCUT2D eigenvalue weighted by molar-refractivity contribution is -0.137. The molecule has 2 aromatic carbocycles. The van der Waals surface area contributed by atoms with E-state index >= 15 is 0 Å². The van der Waals surface area contributed by atoms with Crippen molar-refractivity contribution in [1.29, 1.82) is 0 Å². The van der Waals surface area contributed by atoms with Crippen molar-refractivity contribution >= 4 is 51.7 Å². The van der Waals surface area contributed by atoms with E-state index < -0.39 is 4.33 Å². The van der Waals surface area contributed by atoms with E-state index in [1.165, 1.54) is 30.4 Å². The fourth-order valence-corrected chi connectivity index (χ4v) is 6.32. The van der Waals surface area contributed by atoms with Crippen LogP contribution >= 0.6 is 23.5 Å². The Labute approximate surface area is 184 Å². The van der Waals surface area contributed by atoms with Crippen molar-refractivity contribution in [3.05, 3.63) is 71.3 Å². The number of allylic oxidation sites excluding steroid dienone is 1. The Balaban J connectivity index is 1.89. The number of nitrogens with zero attached hydrogens (tertiary/aromatic N) is 3. The van der Waals surface area contributed by atoms with Crippen molar-refractivity contribution in [2.24, 2.45) is 5.10 Å². The first kappa shape index (κ1) is 20.6. The van der Waals surface area contributed by atoms with Crippen LogP contribution in [-0.2, 0) is 14.3 Å². The highest BCUT2D eigenvalue weighted by molar-refractivity contribution is 8.29. The first-order valence-corrected chi connectivity index (χ1v) is 11.2. The van der Waals surface area contributed by atoms with Crippen LogP contribution in [0.1, 0.15) is 20.8 Å². The molecule has 154 valence electrons. The highest BCUT2D eigenvalue weighted by Crippen LogP contribution is 2.60. The van der Waals surface area contributed by atoms with E-state index in [1.807, 2.05) is 72.6 Å². The lowest BCUT2D eigenvalue weighted by atomic mass is 10.2. The van der Waals surface area contributed by atoms with Gasteiger partial charge in [0, 0.05) is 18.3 Å². The number of esters is 1. The number of anilines is 2. The molecule has 0 aromatic heterocycles. The average molecular weight is 440 g/mol. The van der Waals surface area contributed by atoms with Gasteiger partial charge in [-0.05, 0) is 49.9 Å². The largest absolute Gasteiger partial charge is 0.462 e. The molecule has 6 nitrogen and oxygen atoms in total. The number of thioether (sulfide) groups is 2. The van der Waals surface area contributed by atoms with Crippen molar-refractivity contribution in [1.82, 2.24) is 0 Å². The molecule has 4 rings (SSSR count). The number of hydrogen-bond donors (Lipinski definition) is 0. The second-order valence-electron chi connectivity index (χ2n) is 6.67. The average Bonchev–Trinajstić information content (AvgIpc) is 3.28. The number of ether oxygens (including phenoxy) is 1. The van der Waals surface area contributed by atoms with Crippen LogP contribution in [0.15, 0.2) is 76.4 Å². The molecular formula is C22H21N3O3S2. The molecule has 0 bridgehead atoms. The van der Waals surface area contributed by atoms with Gasteiger partial charge in [0.25, 0.3) is 0 Å². The third-order valence-electron chi connectivity index (χ3n) is 4.65. The molecule has 2 aromatic rings. The van der Waals surface area contributed by atoms with E-state index in [2.05, 4.69) is 10.0 Å². The zero-order chi connectivity index (χ0) is 21.3. The van der Waals surface area contributed by atoms with Gasteiger partial charge in [0.2, 0.25) is 4.33 Å². The van der Waals surface area contributed by atoms with Crippen LogP contribution in [0.4, 0.5) is 11.4 Å². The van der Waals surface area contributed by atoms with E-state index in [0.29, 0.717) is 16.6 Å². The minimum Gasteiger partial charge on any atom is -0.462 e. The van der Waals surface area contributed by atoms with Crippen LogP contribution in [-0.4, -0.2) is 27.7 Å². The summed E-state index contributed by atoms with van der Waals surface area (Å²) in [6, 6.07) is 19.5. The fourth-order valence-electron chi connectivity index (χ4n) is 3.37. The number of carbonyl (C=O) groups excluding carboxylic acids is 2. The predicted octanol–water partition coefficient (Wildman–Crippen LogP) is 4.80. The second-order valence-corrected chi connectivity index (χ2v) is 9.27. The first-order valence-electron chi connectivity index (χ1n) is 9.54. The normalized spacial score (nSPS) is 20.7. The molecule has 0 amide bonds. The molecule has 2 heterocycles. The second kappa shape index (κ2) is 8.20. The summed E-state index contributed by atoms with van der Waals surface area (Å²) in [5, 5.41) is 6.88. The molecular weight excluding hydrogens is 418 g/mol. The Bertz CT molecular complexity index is 1040. The maximum Gasteiger partial charge on any atom is 0.346 e. The lowest BCUT2D eigenvalue weighted by Gasteiger charge is -2.41. The third kappa shape index (κ3) is 3.40. The Morgan fingerprint density at radius 1 is 1.00 bits per heavy atom. The Morgan fingerprint density at radius 2 is 1.60 bits per heavy atom. The maximum absolute atomic E-state index is 12.8. The molecule has 8 heteroatoms. The summed E-state index contributed by atoms with van der Waals surface area (Å²) in [5.74, 6) is -0.489. The monoisotopic (exact) mass is 439 g/mol. The van der Waals surface area contributed by atoms with Gasteiger partial charge in [0.15, 0.2) is 10.8 Å². The number of rotatable bonds is 5. The van der Waals surface area contributed by atoms with Crippen LogP contribution < -0.4 is 9.91 Å². The van der Waals surface area contributed by atoms with Gasteiger partial charge in [-0.25, -0.2) is 9.80 Å². The topological polar surface area (TPSA) is 62.2 Å². The van der Waals surface area contributed by atoms with Gasteiger partial charge in [0.1, 0.15) is 4.91 Å². The molecule has 0 saturated carbocycles. The van der Waals surface area contributed by atoms with Crippen LogP contribution in [0.3, 0.4) is 0 Å². The number of Topliss-reactive ketones (excluding diaryl/α,β-unsaturated/α-hetero) is 1. The van der Waals surface area contributed by atoms with Gasteiger partial charge >= 0.3 is 5.97 Å². The highest BCUT2D eigenvalue weighted by atomic mass is 32.2. The third-order valence-corrected chi connectivity index (χ3v) is 7.62. The quantitative estimate of drug-likeness (QED) is 0.620.